The van der Waals surface area contributed by atoms with Crippen molar-refractivity contribution in [2.45, 2.75) is 6.54 Å². The largest absolute Gasteiger partial charge is 0.508 e. The fraction of sp³-hybridized carbons (Fsp3) is 0.125. The molecule has 3 rings (SSSR count). The SMILES string of the molecule is N#Cc1ccccc1CN1C(=O)COc2ccc(O)cc21. The number of rotatable bonds is 2. The summed E-state index contributed by atoms with van der Waals surface area (Å²) in [6.07, 6.45) is 0. The first-order chi connectivity index (χ1) is 10.2. The topological polar surface area (TPSA) is 73.6 Å². The van der Waals surface area contributed by atoms with Crippen molar-refractivity contribution in [3.05, 3.63) is 53.6 Å². The molecule has 2 aromatic carbocycles. The molecule has 0 fully saturated rings. The van der Waals surface area contributed by atoms with Gasteiger partial charge in [-0.05, 0) is 23.8 Å². The summed E-state index contributed by atoms with van der Waals surface area (Å²) in [6, 6.07) is 13.9. The highest BCUT2D eigenvalue weighted by Crippen LogP contribution is 2.36. The van der Waals surface area contributed by atoms with Crippen molar-refractivity contribution in [2.24, 2.45) is 0 Å². The number of phenolic OH excluding ortho intramolecular Hbond substituents is 1. The van der Waals surface area contributed by atoms with Gasteiger partial charge in [0.1, 0.15) is 11.5 Å². The van der Waals surface area contributed by atoms with Gasteiger partial charge in [0, 0.05) is 6.07 Å². The van der Waals surface area contributed by atoms with Crippen LogP contribution in [0.1, 0.15) is 11.1 Å². The van der Waals surface area contributed by atoms with E-state index in [4.69, 9.17) is 10.00 Å². The van der Waals surface area contributed by atoms with Crippen molar-refractivity contribution in [1.29, 1.82) is 5.26 Å². The van der Waals surface area contributed by atoms with Crippen LogP contribution in [0, 0.1) is 11.3 Å². The van der Waals surface area contributed by atoms with Crippen molar-refractivity contribution in [2.75, 3.05) is 11.5 Å². The molecule has 5 heteroatoms. The van der Waals surface area contributed by atoms with Crippen LogP contribution in [0.3, 0.4) is 0 Å². The highest BCUT2D eigenvalue weighted by molar-refractivity contribution is 5.98. The average Bonchev–Trinajstić information content (AvgIpc) is 2.50. The number of nitrogens with zero attached hydrogens (tertiary/aromatic N) is 2. The number of fused-ring (bicyclic) bond motifs is 1. The van der Waals surface area contributed by atoms with E-state index in [1.165, 1.54) is 17.0 Å². The third-order valence-electron chi connectivity index (χ3n) is 3.35. The zero-order chi connectivity index (χ0) is 14.8. The first-order valence-corrected chi connectivity index (χ1v) is 6.43. The number of carbonyl (C=O) groups is 1. The van der Waals surface area contributed by atoms with E-state index < -0.39 is 0 Å². The Labute approximate surface area is 121 Å². The van der Waals surface area contributed by atoms with Crippen LogP contribution in [0.4, 0.5) is 5.69 Å². The standard InChI is InChI=1S/C16H12N2O3/c17-8-11-3-1-2-4-12(11)9-18-14-7-13(19)5-6-15(14)21-10-16(18)20/h1-7,19H,9-10H2. The van der Waals surface area contributed by atoms with E-state index in [2.05, 4.69) is 6.07 Å². The maximum Gasteiger partial charge on any atom is 0.265 e. The first-order valence-electron chi connectivity index (χ1n) is 6.43. The molecule has 0 unspecified atom stereocenters. The lowest BCUT2D eigenvalue weighted by Crippen LogP contribution is -2.38. The van der Waals surface area contributed by atoms with Crippen molar-refractivity contribution in [1.82, 2.24) is 0 Å². The van der Waals surface area contributed by atoms with E-state index in [0.29, 0.717) is 17.0 Å². The van der Waals surface area contributed by atoms with Crippen molar-refractivity contribution in [3.63, 3.8) is 0 Å². The van der Waals surface area contributed by atoms with Gasteiger partial charge in [-0.3, -0.25) is 4.79 Å². The van der Waals surface area contributed by atoms with E-state index in [0.717, 1.165) is 5.56 Å². The Balaban J connectivity index is 2.01. The third kappa shape index (κ3) is 2.39. The van der Waals surface area contributed by atoms with Gasteiger partial charge in [-0.25, -0.2) is 0 Å². The normalized spacial score (nSPS) is 13.3. The van der Waals surface area contributed by atoms with Crippen LogP contribution in [0.25, 0.3) is 0 Å². The van der Waals surface area contributed by atoms with E-state index in [-0.39, 0.29) is 24.8 Å². The predicted octanol–water partition coefficient (Wildman–Crippen LogP) is 2.19. The minimum Gasteiger partial charge on any atom is -0.508 e. The zero-order valence-electron chi connectivity index (χ0n) is 11.1. The van der Waals surface area contributed by atoms with Gasteiger partial charge in [0.15, 0.2) is 6.61 Å². The minimum atomic E-state index is -0.208. The number of hydrogen-bond donors (Lipinski definition) is 1. The van der Waals surface area contributed by atoms with Crippen molar-refractivity contribution in [3.8, 4) is 17.6 Å². The summed E-state index contributed by atoms with van der Waals surface area (Å²) in [5.41, 5.74) is 1.79. The summed E-state index contributed by atoms with van der Waals surface area (Å²) < 4.78 is 5.35. The summed E-state index contributed by atoms with van der Waals surface area (Å²) in [4.78, 5) is 13.6. The lowest BCUT2D eigenvalue weighted by Gasteiger charge is -2.29. The van der Waals surface area contributed by atoms with E-state index in [1.807, 2.05) is 12.1 Å². The Kier molecular flexibility index (Phi) is 3.20. The smallest absolute Gasteiger partial charge is 0.265 e. The third-order valence-corrected chi connectivity index (χ3v) is 3.35. The van der Waals surface area contributed by atoms with Crippen LogP contribution >= 0.6 is 0 Å². The predicted molar refractivity (Wildman–Crippen MR) is 75.9 cm³/mol. The van der Waals surface area contributed by atoms with Crippen molar-refractivity contribution < 1.29 is 14.6 Å². The molecule has 104 valence electrons. The quantitative estimate of drug-likeness (QED) is 0.915. The highest BCUT2D eigenvalue weighted by atomic mass is 16.5. The number of anilines is 1. The Bertz CT molecular complexity index is 749. The Hall–Kier alpha value is -3.00. The number of carbonyl (C=O) groups excluding carboxylic acids is 1. The number of ether oxygens (including phenoxy) is 1. The minimum absolute atomic E-state index is 0.0491. The molecule has 1 aliphatic heterocycles. The summed E-state index contributed by atoms with van der Waals surface area (Å²) in [6.45, 7) is 0.217. The number of aromatic hydroxyl groups is 1. The van der Waals surface area contributed by atoms with Gasteiger partial charge in [0.2, 0.25) is 0 Å². The van der Waals surface area contributed by atoms with Gasteiger partial charge in [0.25, 0.3) is 5.91 Å². The number of amides is 1. The monoisotopic (exact) mass is 280 g/mol. The lowest BCUT2D eigenvalue weighted by molar-refractivity contribution is -0.121. The fourth-order valence-electron chi connectivity index (χ4n) is 2.30. The fourth-order valence-corrected chi connectivity index (χ4v) is 2.30. The van der Waals surface area contributed by atoms with Crippen LogP contribution in [-0.2, 0) is 11.3 Å². The number of benzene rings is 2. The van der Waals surface area contributed by atoms with E-state index >= 15 is 0 Å². The van der Waals surface area contributed by atoms with Crippen LogP contribution in [-0.4, -0.2) is 17.6 Å². The average molecular weight is 280 g/mol. The molecule has 0 atom stereocenters. The van der Waals surface area contributed by atoms with Gasteiger partial charge >= 0.3 is 0 Å². The van der Waals surface area contributed by atoms with Gasteiger partial charge in [-0.2, -0.15) is 5.26 Å². The van der Waals surface area contributed by atoms with E-state index in [1.54, 1.807) is 18.2 Å². The molecule has 2 aromatic rings. The van der Waals surface area contributed by atoms with Crippen LogP contribution in [0.5, 0.6) is 11.5 Å². The summed E-state index contributed by atoms with van der Waals surface area (Å²) in [5.74, 6) is 0.397. The second-order valence-electron chi connectivity index (χ2n) is 4.69. The number of hydrogen-bond acceptors (Lipinski definition) is 4. The summed E-state index contributed by atoms with van der Waals surface area (Å²) >= 11 is 0. The molecule has 0 saturated carbocycles. The molecule has 0 aliphatic carbocycles. The molecular weight excluding hydrogens is 268 g/mol. The van der Waals surface area contributed by atoms with Crippen LogP contribution < -0.4 is 9.64 Å². The second kappa shape index (κ2) is 5.17. The Morgan fingerprint density at radius 3 is 2.90 bits per heavy atom. The van der Waals surface area contributed by atoms with Crippen molar-refractivity contribution >= 4 is 11.6 Å². The maximum absolute atomic E-state index is 12.1. The molecule has 1 heterocycles. The van der Waals surface area contributed by atoms with E-state index in [9.17, 15) is 9.90 Å². The summed E-state index contributed by atoms with van der Waals surface area (Å²) in [7, 11) is 0. The van der Waals surface area contributed by atoms with Crippen LogP contribution in [0.2, 0.25) is 0 Å². The lowest BCUT2D eigenvalue weighted by atomic mass is 10.1. The highest BCUT2D eigenvalue weighted by Gasteiger charge is 2.26. The second-order valence-corrected chi connectivity index (χ2v) is 4.69. The molecule has 21 heavy (non-hydrogen) atoms. The van der Waals surface area contributed by atoms with Gasteiger partial charge in [-0.1, -0.05) is 18.2 Å². The maximum atomic E-state index is 12.1. The molecule has 1 amide bonds. The molecular formula is C16H12N2O3. The molecule has 0 saturated heterocycles. The Morgan fingerprint density at radius 2 is 2.10 bits per heavy atom. The number of nitriles is 1. The van der Waals surface area contributed by atoms with Crippen LogP contribution in [0.15, 0.2) is 42.5 Å². The number of phenols is 1. The molecule has 0 radical (unpaired) electrons. The summed E-state index contributed by atoms with van der Waals surface area (Å²) in [5, 5.41) is 18.7. The van der Waals surface area contributed by atoms with Gasteiger partial charge < -0.3 is 14.7 Å². The molecule has 5 nitrogen and oxygen atoms in total. The van der Waals surface area contributed by atoms with Gasteiger partial charge in [-0.15, -0.1) is 0 Å². The first kappa shape index (κ1) is 13.0. The molecule has 1 aliphatic rings. The molecule has 0 aromatic heterocycles. The molecule has 1 N–H and O–H groups in total. The van der Waals surface area contributed by atoms with Gasteiger partial charge in [0.05, 0.1) is 23.9 Å². The molecule has 0 spiro atoms. The molecule has 0 bridgehead atoms. The zero-order valence-corrected chi connectivity index (χ0v) is 11.1. The Morgan fingerprint density at radius 1 is 1.29 bits per heavy atom.